The summed E-state index contributed by atoms with van der Waals surface area (Å²) >= 11 is 3.50. The molecule has 0 aromatic heterocycles. The molecule has 1 aromatic rings. The highest BCUT2D eigenvalue weighted by molar-refractivity contribution is 9.10. The molecular formula is C15H20BrNO. The van der Waals surface area contributed by atoms with Crippen molar-refractivity contribution in [1.82, 2.24) is 5.32 Å². The van der Waals surface area contributed by atoms with E-state index in [4.69, 9.17) is 11.2 Å². The predicted molar refractivity (Wildman–Crippen MR) is 79.8 cm³/mol. The summed E-state index contributed by atoms with van der Waals surface area (Å²) in [4.78, 5) is 0. The minimum Gasteiger partial charge on any atom is -0.496 e. The van der Waals surface area contributed by atoms with E-state index in [1.165, 1.54) is 5.56 Å². The van der Waals surface area contributed by atoms with Gasteiger partial charge >= 0.3 is 0 Å². The SMILES string of the molecule is C#CCC(CC)NC(C)c1ccc(OC)c(Br)c1. The minimum absolute atomic E-state index is 0.269. The van der Waals surface area contributed by atoms with Gasteiger partial charge in [-0.25, -0.2) is 0 Å². The molecule has 0 saturated carbocycles. The van der Waals surface area contributed by atoms with Crippen LogP contribution in [0.3, 0.4) is 0 Å². The molecule has 98 valence electrons. The second-order valence-corrected chi connectivity index (χ2v) is 5.15. The van der Waals surface area contributed by atoms with Crippen molar-refractivity contribution in [2.45, 2.75) is 38.8 Å². The summed E-state index contributed by atoms with van der Waals surface area (Å²) in [6.45, 7) is 4.29. The zero-order chi connectivity index (χ0) is 13.5. The van der Waals surface area contributed by atoms with Crippen molar-refractivity contribution in [2.75, 3.05) is 7.11 Å². The van der Waals surface area contributed by atoms with Gasteiger partial charge < -0.3 is 10.1 Å². The maximum Gasteiger partial charge on any atom is 0.133 e. The van der Waals surface area contributed by atoms with Crippen molar-refractivity contribution in [3.8, 4) is 18.1 Å². The molecule has 0 radical (unpaired) electrons. The lowest BCUT2D eigenvalue weighted by molar-refractivity contribution is 0.411. The molecule has 0 saturated heterocycles. The van der Waals surface area contributed by atoms with E-state index in [0.29, 0.717) is 6.04 Å². The second-order valence-electron chi connectivity index (χ2n) is 4.30. The molecule has 0 aliphatic heterocycles. The van der Waals surface area contributed by atoms with Crippen LogP contribution in [0.1, 0.15) is 38.3 Å². The van der Waals surface area contributed by atoms with Crippen molar-refractivity contribution in [3.05, 3.63) is 28.2 Å². The maximum absolute atomic E-state index is 5.37. The molecule has 2 unspecified atom stereocenters. The van der Waals surface area contributed by atoms with Gasteiger partial charge in [-0.1, -0.05) is 13.0 Å². The van der Waals surface area contributed by atoms with Crippen molar-refractivity contribution in [3.63, 3.8) is 0 Å². The number of halogens is 1. The highest BCUT2D eigenvalue weighted by Gasteiger charge is 2.12. The number of benzene rings is 1. The minimum atomic E-state index is 0.269. The Morgan fingerprint density at radius 3 is 2.72 bits per heavy atom. The van der Waals surface area contributed by atoms with Crippen LogP contribution in [0.4, 0.5) is 0 Å². The molecule has 1 aromatic carbocycles. The van der Waals surface area contributed by atoms with E-state index in [1.54, 1.807) is 7.11 Å². The van der Waals surface area contributed by atoms with Gasteiger partial charge in [-0.2, -0.15) is 0 Å². The third-order valence-corrected chi connectivity index (χ3v) is 3.64. The first-order chi connectivity index (χ1) is 8.62. The Morgan fingerprint density at radius 2 is 2.22 bits per heavy atom. The van der Waals surface area contributed by atoms with Crippen molar-refractivity contribution >= 4 is 15.9 Å². The van der Waals surface area contributed by atoms with Gasteiger partial charge in [-0.15, -0.1) is 12.3 Å². The summed E-state index contributed by atoms with van der Waals surface area (Å²) in [7, 11) is 1.67. The fraction of sp³-hybridized carbons (Fsp3) is 0.467. The van der Waals surface area contributed by atoms with Crippen molar-refractivity contribution in [2.24, 2.45) is 0 Å². The Balaban J connectivity index is 2.75. The Kier molecular flexibility index (Phi) is 6.24. The molecule has 0 amide bonds. The molecule has 3 heteroatoms. The van der Waals surface area contributed by atoms with Crippen LogP contribution >= 0.6 is 15.9 Å². The van der Waals surface area contributed by atoms with Crippen LogP contribution in [-0.2, 0) is 0 Å². The van der Waals surface area contributed by atoms with Crippen molar-refractivity contribution < 1.29 is 4.74 Å². The molecule has 2 nitrogen and oxygen atoms in total. The smallest absolute Gasteiger partial charge is 0.133 e. The summed E-state index contributed by atoms with van der Waals surface area (Å²) in [5.74, 6) is 3.56. The quantitative estimate of drug-likeness (QED) is 0.804. The Morgan fingerprint density at radius 1 is 1.50 bits per heavy atom. The monoisotopic (exact) mass is 309 g/mol. The van der Waals surface area contributed by atoms with Gasteiger partial charge in [-0.05, 0) is 47.0 Å². The van der Waals surface area contributed by atoms with E-state index in [2.05, 4.69) is 53.1 Å². The van der Waals surface area contributed by atoms with E-state index in [9.17, 15) is 0 Å². The molecular weight excluding hydrogens is 290 g/mol. The molecule has 0 aliphatic carbocycles. The third kappa shape index (κ3) is 4.04. The lowest BCUT2D eigenvalue weighted by Crippen LogP contribution is -2.30. The molecule has 18 heavy (non-hydrogen) atoms. The molecule has 2 atom stereocenters. The fourth-order valence-electron chi connectivity index (χ4n) is 1.87. The first-order valence-corrected chi connectivity index (χ1v) is 6.94. The highest BCUT2D eigenvalue weighted by Crippen LogP contribution is 2.28. The van der Waals surface area contributed by atoms with E-state index in [-0.39, 0.29) is 6.04 Å². The fourth-order valence-corrected chi connectivity index (χ4v) is 2.42. The lowest BCUT2D eigenvalue weighted by atomic mass is 10.1. The number of methoxy groups -OCH3 is 1. The third-order valence-electron chi connectivity index (χ3n) is 3.02. The molecule has 0 spiro atoms. The van der Waals surface area contributed by atoms with Crippen LogP contribution in [-0.4, -0.2) is 13.2 Å². The molecule has 0 fully saturated rings. The van der Waals surface area contributed by atoms with Crippen LogP contribution in [0, 0.1) is 12.3 Å². The zero-order valence-electron chi connectivity index (χ0n) is 11.2. The number of hydrogen-bond donors (Lipinski definition) is 1. The zero-order valence-corrected chi connectivity index (χ0v) is 12.8. The number of rotatable bonds is 6. The van der Waals surface area contributed by atoms with Gasteiger partial charge in [0.1, 0.15) is 5.75 Å². The first kappa shape index (κ1) is 15.1. The summed E-state index contributed by atoms with van der Waals surface area (Å²) in [5.41, 5.74) is 1.22. The molecule has 1 rings (SSSR count). The van der Waals surface area contributed by atoms with Gasteiger partial charge in [0.05, 0.1) is 11.6 Å². The lowest BCUT2D eigenvalue weighted by Gasteiger charge is -2.21. The normalized spacial score (nSPS) is 13.7. The van der Waals surface area contributed by atoms with Gasteiger partial charge in [0, 0.05) is 18.5 Å². The van der Waals surface area contributed by atoms with Crippen LogP contribution < -0.4 is 10.1 Å². The average Bonchev–Trinajstić information content (AvgIpc) is 2.37. The second kappa shape index (κ2) is 7.45. The molecule has 0 heterocycles. The standard InChI is InChI=1S/C15H20BrNO/c1-5-7-13(6-2)17-11(3)12-8-9-15(18-4)14(16)10-12/h1,8-11,13,17H,6-7H2,2-4H3. The Hall–Kier alpha value is -0.980. The Labute approximate surface area is 118 Å². The van der Waals surface area contributed by atoms with Gasteiger partial charge in [0.25, 0.3) is 0 Å². The number of nitrogens with one attached hydrogen (secondary N) is 1. The van der Waals surface area contributed by atoms with Crippen molar-refractivity contribution in [1.29, 1.82) is 0 Å². The molecule has 0 aliphatic rings. The van der Waals surface area contributed by atoms with E-state index in [1.807, 2.05) is 6.07 Å². The molecule has 1 N–H and O–H groups in total. The number of hydrogen-bond acceptors (Lipinski definition) is 2. The van der Waals surface area contributed by atoms with Crippen LogP contribution in [0.25, 0.3) is 0 Å². The largest absolute Gasteiger partial charge is 0.496 e. The van der Waals surface area contributed by atoms with Gasteiger partial charge in [0.2, 0.25) is 0 Å². The topological polar surface area (TPSA) is 21.3 Å². The average molecular weight is 310 g/mol. The van der Waals surface area contributed by atoms with E-state index in [0.717, 1.165) is 23.1 Å². The van der Waals surface area contributed by atoms with Gasteiger partial charge in [-0.3, -0.25) is 0 Å². The number of ether oxygens (including phenoxy) is 1. The summed E-state index contributed by atoms with van der Waals surface area (Å²) < 4.78 is 6.20. The summed E-state index contributed by atoms with van der Waals surface area (Å²) in [5, 5.41) is 3.54. The predicted octanol–water partition coefficient (Wildman–Crippen LogP) is 3.91. The van der Waals surface area contributed by atoms with E-state index >= 15 is 0 Å². The van der Waals surface area contributed by atoms with Gasteiger partial charge in [0.15, 0.2) is 0 Å². The first-order valence-electron chi connectivity index (χ1n) is 6.15. The Bertz CT molecular complexity index is 425. The number of terminal acetylenes is 1. The molecule has 0 bridgehead atoms. The van der Waals surface area contributed by atoms with Crippen LogP contribution in [0.5, 0.6) is 5.75 Å². The van der Waals surface area contributed by atoms with Crippen LogP contribution in [0.2, 0.25) is 0 Å². The maximum atomic E-state index is 5.37. The highest BCUT2D eigenvalue weighted by atomic mass is 79.9. The van der Waals surface area contributed by atoms with Crippen LogP contribution in [0.15, 0.2) is 22.7 Å². The summed E-state index contributed by atoms with van der Waals surface area (Å²) in [6, 6.07) is 6.76. The summed E-state index contributed by atoms with van der Waals surface area (Å²) in [6.07, 6.45) is 7.16. The van der Waals surface area contributed by atoms with E-state index < -0.39 is 0 Å².